The lowest BCUT2D eigenvalue weighted by Gasteiger charge is -2.10. The smallest absolute Gasteiger partial charge is 0.235 e. The van der Waals surface area contributed by atoms with E-state index in [2.05, 4.69) is 20.7 Å². The summed E-state index contributed by atoms with van der Waals surface area (Å²) in [4.78, 5) is 0. The molecule has 0 amide bonds. The van der Waals surface area contributed by atoms with Crippen molar-refractivity contribution in [2.45, 2.75) is 13.8 Å². The molecule has 17 heavy (non-hydrogen) atoms. The molecule has 0 saturated carbocycles. The summed E-state index contributed by atoms with van der Waals surface area (Å²) in [6.07, 6.45) is 0. The van der Waals surface area contributed by atoms with Crippen LogP contribution < -0.4 is 4.72 Å². The molecule has 0 bridgehead atoms. The third kappa shape index (κ3) is 5.06. The Morgan fingerprint density at radius 3 is 2.76 bits per heavy atom. The molecule has 0 aliphatic heterocycles. The largest absolute Gasteiger partial charge is 0.381 e. The standard InChI is InChI=1S/C11H16BrNO3S/c1-3-16-6-7-17(14,15)13-11-8-9(2)4-5-10(11)12/h4-5,8,13H,3,6-7H2,1-2H3. The van der Waals surface area contributed by atoms with Crippen molar-refractivity contribution in [3.05, 3.63) is 28.2 Å². The molecular weight excluding hydrogens is 306 g/mol. The minimum Gasteiger partial charge on any atom is -0.381 e. The van der Waals surface area contributed by atoms with Crippen LogP contribution in [0.15, 0.2) is 22.7 Å². The molecule has 0 aromatic heterocycles. The van der Waals surface area contributed by atoms with Gasteiger partial charge < -0.3 is 4.74 Å². The normalized spacial score (nSPS) is 11.5. The van der Waals surface area contributed by atoms with E-state index < -0.39 is 10.0 Å². The average molecular weight is 322 g/mol. The number of ether oxygens (including phenoxy) is 1. The van der Waals surface area contributed by atoms with Crippen molar-refractivity contribution in [3.63, 3.8) is 0 Å². The van der Waals surface area contributed by atoms with Crippen LogP contribution in [0.3, 0.4) is 0 Å². The molecule has 96 valence electrons. The first kappa shape index (κ1) is 14.5. The number of hydrogen-bond acceptors (Lipinski definition) is 3. The zero-order chi connectivity index (χ0) is 12.9. The van der Waals surface area contributed by atoms with Crippen molar-refractivity contribution in [2.75, 3.05) is 23.7 Å². The Hall–Kier alpha value is -0.590. The second-order valence-electron chi connectivity index (χ2n) is 3.60. The fraction of sp³-hybridized carbons (Fsp3) is 0.455. The molecule has 0 heterocycles. The van der Waals surface area contributed by atoms with Crippen molar-refractivity contribution in [1.82, 2.24) is 0 Å². The first-order chi connectivity index (χ1) is 7.94. The van der Waals surface area contributed by atoms with Gasteiger partial charge in [-0.15, -0.1) is 0 Å². The summed E-state index contributed by atoms with van der Waals surface area (Å²) >= 11 is 3.31. The summed E-state index contributed by atoms with van der Waals surface area (Å²) < 4.78 is 31.7. The van der Waals surface area contributed by atoms with Crippen LogP contribution in [0.4, 0.5) is 5.69 Å². The number of rotatable bonds is 6. The molecule has 0 fully saturated rings. The van der Waals surface area contributed by atoms with Crippen molar-refractivity contribution in [2.24, 2.45) is 0 Å². The number of halogens is 1. The maximum atomic E-state index is 11.7. The molecule has 0 spiro atoms. The van der Waals surface area contributed by atoms with Gasteiger partial charge in [-0.25, -0.2) is 8.42 Å². The highest BCUT2D eigenvalue weighted by molar-refractivity contribution is 9.10. The van der Waals surface area contributed by atoms with E-state index in [0.717, 1.165) is 10.0 Å². The van der Waals surface area contributed by atoms with E-state index >= 15 is 0 Å². The number of sulfonamides is 1. The molecule has 0 radical (unpaired) electrons. The van der Waals surface area contributed by atoms with Gasteiger partial charge in [-0.3, -0.25) is 4.72 Å². The van der Waals surface area contributed by atoms with Gasteiger partial charge in [0.2, 0.25) is 10.0 Å². The Morgan fingerprint density at radius 2 is 2.12 bits per heavy atom. The molecule has 4 nitrogen and oxygen atoms in total. The van der Waals surface area contributed by atoms with Crippen molar-refractivity contribution in [3.8, 4) is 0 Å². The lowest BCUT2D eigenvalue weighted by atomic mass is 10.2. The van der Waals surface area contributed by atoms with E-state index in [0.29, 0.717) is 12.3 Å². The van der Waals surface area contributed by atoms with Crippen LogP contribution in [0.5, 0.6) is 0 Å². The average Bonchev–Trinajstić information content (AvgIpc) is 2.23. The Bertz CT molecular complexity index is 474. The SMILES string of the molecule is CCOCCS(=O)(=O)Nc1cc(C)ccc1Br. The Kier molecular flexibility index (Phi) is 5.42. The number of aryl methyl sites for hydroxylation is 1. The van der Waals surface area contributed by atoms with Crippen LogP contribution in [-0.2, 0) is 14.8 Å². The fourth-order valence-electron chi connectivity index (χ4n) is 1.25. The van der Waals surface area contributed by atoms with E-state index in [-0.39, 0.29) is 12.4 Å². The first-order valence-electron chi connectivity index (χ1n) is 5.29. The predicted molar refractivity (Wildman–Crippen MR) is 72.8 cm³/mol. The van der Waals surface area contributed by atoms with Gasteiger partial charge in [0, 0.05) is 11.1 Å². The Balaban J connectivity index is 2.72. The highest BCUT2D eigenvalue weighted by Gasteiger charge is 2.12. The second kappa shape index (κ2) is 6.37. The monoisotopic (exact) mass is 321 g/mol. The van der Waals surface area contributed by atoms with Crippen molar-refractivity contribution in [1.29, 1.82) is 0 Å². The number of anilines is 1. The Morgan fingerprint density at radius 1 is 1.41 bits per heavy atom. The maximum absolute atomic E-state index is 11.7. The first-order valence-corrected chi connectivity index (χ1v) is 7.73. The van der Waals surface area contributed by atoms with Crippen LogP contribution in [0.25, 0.3) is 0 Å². The minimum atomic E-state index is -3.35. The molecule has 6 heteroatoms. The van der Waals surface area contributed by atoms with E-state index in [1.54, 1.807) is 6.07 Å². The zero-order valence-electron chi connectivity index (χ0n) is 9.86. The molecule has 1 rings (SSSR count). The van der Waals surface area contributed by atoms with Crippen LogP contribution in [0, 0.1) is 6.92 Å². The molecule has 0 aliphatic carbocycles. The van der Waals surface area contributed by atoms with Gasteiger partial charge >= 0.3 is 0 Å². The van der Waals surface area contributed by atoms with Gasteiger partial charge in [0.05, 0.1) is 18.0 Å². The van der Waals surface area contributed by atoms with Crippen molar-refractivity contribution >= 4 is 31.6 Å². The third-order valence-corrected chi connectivity index (χ3v) is 4.01. The fourth-order valence-corrected chi connectivity index (χ4v) is 2.67. The van der Waals surface area contributed by atoms with Crippen LogP contribution in [0.2, 0.25) is 0 Å². The van der Waals surface area contributed by atoms with Crippen molar-refractivity contribution < 1.29 is 13.2 Å². The lowest BCUT2D eigenvalue weighted by molar-refractivity contribution is 0.163. The highest BCUT2D eigenvalue weighted by Crippen LogP contribution is 2.24. The van der Waals surface area contributed by atoms with Crippen LogP contribution in [-0.4, -0.2) is 27.4 Å². The second-order valence-corrected chi connectivity index (χ2v) is 6.30. The number of hydrogen-bond donors (Lipinski definition) is 1. The summed E-state index contributed by atoms with van der Waals surface area (Å²) in [5.41, 5.74) is 1.55. The minimum absolute atomic E-state index is 0.0405. The van der Waals surface area contributed by atoms with E-state index in [9.17, 15) is 8.42 Å². The molecule has 0 unspecified atom stereocenters. The van der Waals surface area contributed by atoms with Gasteiger partial charge in [-0.1, -0.05) is 6.07 Å². The molecule has 1 aromatic carbocycles. The lowest BCUT2D eigenvalue weighted by Crippen LogP contribution is -2.20. The summed E-state index contributed by atoms with van der Waals surface area (Å²) in [6, 6.07) is 5.50. The van der Waals surface area contributed by atoms with Crippen LogP contribution >= 0.6 is 15.9 Å². The summed E-state index contributed by atoms with van der Waals surface area (Å²) in [5, 5.41) is 0. The Labute approximate surface area is 111 Å². The number of nitrogens with one attached hydrogen (secondary N) is 1. The van der Waals surface area contributed by atoms with Gasteiger partial charge in [0.15, 0.2) is 0 Å². The summed E-state index contributed by atoms with van der Waals surface area (Å²) in [5.74, 6) is -0.0405. The topological polar surface area (TPSA) is 55.4 Å². The zero-order valence-corrected chi connectivity index (χ0v) is 12.3. The molecule has 1 aromatic rings. The molecular formula is C11H16BrNO3S. The highest BCUT2D eigenvalue weighted by atomic mass is 79.9. The molecule has 0 atom stereocenters. The third-order valence-electron chi connectivity index (χ3n) is 2.09. The predicted octanol–water partition coefficient (Wildman–Crippen LogP) is 2.54. The van der Waals surface area contributed by atoms with Gasteiger partial charge in [0.25, 0.3) is 0 Å². The number of benzene rings is 1. The van der Waals surface area contributed by atoms with Gasteiger partial charge in [0.1, 0.15) is 0 Å². The van der Waals surface area contributed by atoms with Gasteiger partial charge in [-0.2, -0.15) is 0 Å². The van der Waals surface area contributed by atoms with E-state index in [1.165, 1.54) is 0 Å². The quantitative estimate of drug-likeness (QED) is 0.819. The molecule has 0 saturated heterocycles. The molecule has 0 aliphatic rings. The van der Waals surface area contributed by atoms with E-state index in [4.69, 9.17) is 4.74 Å². The maximum Gasteiger partial charge on any atom is 0.235 e. The van der Waals surface area contributed by atoms with Gasteiger partial charge in [-0.05, 0) is 47.5 Å². The molecule has 1 N–H and O–H groups in total. The summed E-state index contributed by atoms with van der Waals surface area (Å²) in [7, 11) is -3.35. The van der Waals surface area contributed by atoms with E-state index in [1.807, 2.05) is 26.0 Å². The summed E-state index contributed by atoms with van der Waals surface area (Å²) in [6.45, 7) is 4.46. The van der Waals surface area contributed by atoms with Crippen LogP contribution in [0.1, 0.15) is 12.5 Å².